The fourth-order valence-electron chi connectivity index (χ4n) is 3.23. The molecule has 0 atom stereocenters. The van der Waals surface area contributed by atoms with Crippen molar-refractivity contribution in [1.82, 2.24) is 10.2 Å². The Bertz CT molecular complexity index is 564. The molecular formula is C19H27ClN2O2. The summed E-state index contributed by atoms with van der Waals surface area (Å²) in [6, 6.07) is 7.56. The first-order chi connectivity index (χ1) is 11.5. The lowest BCUT2D eigenvalue weighted by molar-refractivity contribution is -0.137. The first kappa shape index (κ1) is 18.8. The van der Waals surface area contributed by atoms with Gasteiger partial charge in [-0.25, -0.2) is 0 Å². The summed E-state index contributed by atoms with van der Waals surface area (Å²) >= 11 is 6.10. The van der Waals surface area contributed by atoms with E-state index in [1.165, 1.54) is 0 Å². The van der Waals surface area contributed by atoms with Crippen molar-refractivity contribution in [2.24, 2.45) is 5.92 Å². The molecule has 1 N–H and O–H groups in total. The van der Waals surface area contributed by atoms with Crippen LogP contribution >= 0.6 is 11.6 Å². The molecule has 1 saturated heterocycles. The quantitative estimate of drug-likeness (QED) is 0.854. The van der Waals surface area contributed by atoms with Crippen LogP contribution in [-0.4, -0.2) is 35.8 Å². The topological polar surface area (TPSA) is 49.4 Å². The number of carbonyl (C=O) groups excluding carboxylic acids is 2. The minimum atomic E-state index is -0.00660. The van der Waals surface area contributed by atoms with E-state index in [0.29, 0.717) is 11.4 Å². The van der Waals surface area contributed by atoms with Crippen molar-refractivity contribution >= 4 is 23.4 Å². The van der Waals surface area contributed by atoms with Gasteiger partial charge in [0.2, 0.25) is 11.8 Å². The first-order valence-corrected chi connectivity index (χ1v) is 9.24. The number of amides is 2. The summed E-state index contributed by atoms with van der Waals surface area (Å²) in [5, 5.41) is 3.70. The summed E-state index contributed by atoms with van der Waals surface area (Å²) in [4.78, 5) is 26.5. The molecule has 0 saturated carbocycles. The number of hydrogen-bond donors (Lipinski definition) is 1. The maximum Gasteiger partial charge on any atom is 0.225 e. The second-order valence-electron chi connectivity index (χ2n) is 6.45. The number of nitrogens with zero attached hydrogens (tertiary/aromatic N) is 1. The maximum atomic E-state index is 12.4. The van der Waals surface area contributed by atoms with Gasteiger partial charge in [-0.3, -0.25) is 9.59 Å². The number of nitrogens with one attached hydrogen (secondary N) is 1. The van der Waals surface area contributed by atoms with Gasteiger partial charge < -0.3 is 10.2 Å². The standard InChI is InChI=1S/C19H27ClN2O2/c1-3-14(4-2)19(24)22-11-9-16(10-12-22)21-18(23)13-15-7-5-6-8-17(15)20/h5-8,14,16H,3-4,9-13H2,1-2H3,(H,21,23). The van der Waals surface area contributed by atoms with Gasteiger partial charge in [-0.05, 0) is 37.3 Å². The predicted molar refractivity (Wildman–Crippen MR) is 97.0 cm³/mol. The monoisotopic (exact) mass is 350 g/mol. The lowest BCUT2D eigenvalue weighted by Crippen LogP contribution is -2.48. The third kappa shape index (κ3) is 4.97. The van der Waals surface area contributed by atoms with Gasteiger partial charge in [0.1, 0.15) is 0 Å². The number of carbonyl (C=O) groups is 2. The molecule has 0 aromatic heterocycles. The van der Waals surface area contributed by atoms with Gasteiger partial charge in [0.25, 0.3) is 0 Å². The van der Waals surface area contributed by atoms with Crippen molar-refractivity contribution in [3.8, 4) is 0 Å². The van der Waals surface area contributed by atoms with Gasteiger partial charge in [-0.2, -0.15) is 0 Å². The highest BCUT2D eigenvalue weighted by Crippen LogP contribution is 2.18. The van der Waals surface area contributed by atoms with E-state index in [4.69, 9.17) is 11.6 Å². The summed E-state index contributed by atoms with van der Waals surface area (Å²) in [7, 11) is 0. The van der Waals surface area contributed by atoms with Crippen molar-refractivity contribution in [1.29, 1.82) is 0 Å². The first-order valence-electron chi connectivity index (χ1n) is 8.86. The number of benzene rings is 1. The van der Waals surface area contributed by atoms with Crippen LogP contribution in [0.15, 0.2) is 24.3 Å². The van der Waals surface area contributed by atoms with Crippen LogP contribution in [-0.2, 0) is 16.0 Å². The van der Waals surface area contributed by atoms with Crippen molar-refractivity contribution in [3.63, 3.8) is 0 Å². The molecule has 0 unspecified atom stereocenters. The Labute approximate surface area is 149 Å². The van der Waals surface area contributed by atoms with E-state index in [0.717, 1.165) is 44.3 Å². The smallest absolute Gasteiger partial charge is 0.225 e. The largest absolute Gasteiger partial charge is 0.353 e. The molecule has 0 spiro atoms. The second kappa shape index (κ2) is 9.07. The molecule has 24 heavy (non-hydrogen) atoms. The molecule has 132 valence electrons. The van der Waals surface area contributed by atoms with E-state index in [-0.39, 0.29) is 23.8 Å². The number of likely N-dealkylation sites (tertiary alicyclic amines) is 1. The normalized spacial score (nSPS) is 15.6. The number of piperidine rings is 1. The zero-order valence-electron chi connectivity index (χ0n) is 14.6. The SMILES string of the molecule is CCC(CC)C(=O)N1CCC(NC(=O)Cc2ccccc2Cl)CC1. The zero-order valence-corrected chi connectivity index (χ0v) is 15.3. The van der Waals surface area contributed by atoms with Crippen LogP contribution in [0.3, 0.4) is 0 Å². The Kier molecular flexibility index (Phi) is 7.10. The van der Waals surface area contributed by atoms with Gasteiger partial charge in [0, 0.05) is 30.1 Å². The van der Waals surface area contributed by atoms with Crippen molar-refractivity contribution in [2.45, 2.75) is 52.0 Å². The van der Waals surface area contributed by atoms with E-state index in [2.05, 4.69) is 19.2 Å². The molecular weight excluding hydrogens is 324 g/mol. The molecule has 1 aliphatic rings. The van der Waals surface area contributed by atoms with Crippen molar-refractivity contribution < 1.29 is 9.59 Å². The van der Waals surface area contributed by atoms with Gasteiger partial charge >= 0.3 is 0 Å². The molecule has 1 heterocycles. The summed E-state index contributed by atoms with van der Waals surface area (Å²) in [6.07, 6.45) is 3.72. The van der Waals surface area contributed by atoms with E-state index in [1.807, 2.05) is 23.1 Å². The van der Waals surface area contributed by atoms with Crippen LogP contribution in [0.4, 0.5) is 0 Å². The summed E-state index contributed by atoms with van der Waals surface area (Å²) in [5.41, 5.74) is 0.845. The molecule has 0 radical (unpaired) electrons. The summed E-state index contributed by atoms with van der Waals surface area (Å²) < 4.78 is 0. The Morgan fingerprint density at radius 2 is 1.83 bits per heavy atom. The van der Waals surface area contributed by atoms with Crippen molar-refractivity contribution in [2.75, 3.05) is 13.1 Å². The lowest BCUT2D eigenvalue weighted by atomic mass is 9.98. The molecule has 1 fully saturated rings. The molecule has 0 aliphatic carbocycles. The number of halogens is 1. The molecule has 2 rings (SSSR count). The minimum absolute atomic E-state index is 0.00660. The Morgan fingerprint density at radius 1 is 1.21 bits per heavy atom. The van der Waals surface area contributed by atoms with Crippen LogP contribution < -0.4 is 5.32 Å². The Hall–Kier alpha value is -1.55. The van der Waals surface area contributed by atoms with Crippen molar-refractivity contribution in [3.05, 3.63) is 34.9 Å². The highest BCUT2D eigenvalue weighted by molar-refractivity contribution is 6.31. The number of hydrogen-bond acceptors (Lipinski definition) is 2. The van der Waals surface area contributed by atoms with Gasteiger partial charge in [-0.15, -0.1) is 0 Å². The molecule has 5 heteroatoms. The second-order valence-corrected chi connectivity index (χ2v) is 6.86. The maximum absolute atomic E-state index is 12.4. The third-order valence-corrected chi connectivity index (χ3v) is 5.18. The van der Waals surface area contributed by atoms with Gasteiger partial charge in [0.05, 0.1) is 6.42 Å². The number of rotatable bonds is 6. The summed E-state index contributed by atoms with van der Waals surface area (Å²) in [5.74, 6) is 0.394. The predicted octanol–water partition coefficient (Wildman–Crippen LogP) is 3.43. The lowest BCUT2D eigenvalue weighted by Gasteiger charge is -2.34. The highest BCUT2D eigenvalue weighted by atomic mass is 35.5. The Morgan fingerprint density at radius 3 is 2.42 bits per heavy atom. The molecule has 2 amide bonds. The van der Waals surface area contributed by atoms with Crippen LogP contribution in [0.2, 0.25) is 5.02 Å². The van der Waals surface area contributed by atoms with E-state index in [1.54, 1.807) is 6.07 Å². The van der Waals surface area contributed by atoms with Crippen LogP contribution in [0, 0.1) is 5.92 Å². The molecule has 4 nitrogen and oxygen atoms in total. The van der Waals surface area contributed by atoms with Crippen LogP contribution in [0.25, 0.3) is 0 Å². The fourth-order valence-corrected chi connectivity index (χ4v) is 3.44. The van der Waals surface area contributed by atoms with Gasteiger partial charge in [-0.1, -0.05) is 43.6 Å². The molecule has 1 aromatic rings. The van der Waals surface area contributed by atoms with E-state index >= 15 is 0 Å². The highest BCUT2D eigenvalue weighted by Gasteiger charge is 2.27. The van der Waals surface area contributed by atoms with Crippen LogP contribution in [0.5, 0.6) is 0 Å². The van der Waals surface area contributed by atoms with E-state index < -0.39 is 0 Å². The van der Waals surface area contributed by atoms with Gasteiger partial charge in [0.15, 0.2) is 0 Å². The van der Waals surface area contributed by atoms with E-state index in [9.17, 15) is 9.59 Å². The molecule has 1 aliphatic heterocycles. The third-order valence-electron chi connectivity index (χ3n) is 4.82. The van der Waals surface area contributed by atoms with Crippen LogP contribution in [0.1, 0.15) is 45.1 Å². The fraction of sp³-hybridized carbons (Fsp3) is 0.579. The molecule has 1 aromatic carbocycles. The minimum Gasteiger partial charge on any atom is -0.353 e. The average molecular weight is 351 g/mol. The Balaban J connectivity index is 1.79. The zero-order chi connectivity index (χ0) is 17.5. The summed E-state index contributed by atoms with van der Waals surface area (Å²) in [6.45, 7) is 5.58. The molecule has 0 bridgehead atoms. The average Bonchev–Trinajstić information content (AvgIpc) is 2.58.